The number of hydrogen-bond acceptors (Lipinski definition) is 4. The topological polar surface area (TPSA) is 35.0 Å². The van der Waals surface area contributed by atoms with Gasteiger partial charge in [0.25, 0.3) is 0 Å². The first-order chi connectivity index (χ1) is 6.08. The number of aromatic nitrogens is 2. The van der Waals surface area contributed by atoms with E-state index in [2.05, 4.69) is 8.75 Å². The van der Waals surface area contributed by atoms with Crippen LogP contribution in [0, 0.1) is 0 Å². The minimum Gasteiger partial charge on any atom is -0.476 e. The average Bonchev–Trinajstić information content (AvgIpc) is 2.48. The van der Waals surface area contributed by atoms with Crippen molar-refractivity contribution in [3.63, 3.8) is 0 Å². The lowest BCUT2D eigenvalue weighted by molar-refractivity contribution is -0.136. The molecule has 0 aliphatic heterocycles. The van der Waals surface area contributed by atoms with Gasteiger partial charge in [-0.1, -0.05) is 0 Å². The van der Waals surface area contributed by atoms with Gasteiger partial charge in [-0.25, -0.2) is 0 Å². The third kappa shape index (κ3) is 4.66. The van der Waals surface area contributed by atoms with E-state index in [0.717, 1.165) is 11.7 Å². The van der Waals surface area contributed by atoms with Gasteiger partial charge in [0, 0.05) is 6.42 Å². The Balaban J connectivity index is 2.09. The molecule has 1 aromatic heterocycles. The predicted octanol–water partition coefficient (Wildman–Crippen LogP) is 2.26. The van der Waals surface area contributed by atoms with E-state index in [1.165, 1.54) is 6.20 Å². The minimum absolute atomic E-state index is 0.0188. The molecule has 1 aromatic rings. The molecule has 0 radical (unpaired) electrons. The molecule has 0 saturated carbocycles. The highest BCUT2D eigenvalue weighted by molar-refractivity contribution is 6.99. The minimum atomic E-state index is -4.11. The van der Waals surface area contributed by atoms with Crippen molar-refractivity contribution in [3.05, 3.63) is 6.20 Å². The quantitative estimate of drug-likeness (QED) is 0.718. The summed E-state index contributed by atoms with van der Waals surface area (Å²) in [6.45, 7) is 0.0188. The van der Waals surface area contributed by atoms with E-state index in [-0.39, 0.29) is 18.9 Å². The van der Waals surface area contributed by atoms with Gasteiger partial charge in [0.05, 0.1) is 18.3 Å². The van der Waals surface area contributed by atoms with Gasteiger partial charge in [-0.2, -0.15) is 17.5 Å². The molecule has 0 bridgehead atoms. The predicted molar refractivity (Wildman–Crippen MR) is 40.7 cm³/mol. The average molecular weight is 212 g/mol. The number of hydrogen-bond donors (Lipinski definition) is 0. The number of ether oxygens (including phenoxy) is 1. The zero-order valence-corrected chi connectivity index (χ0v) is 7.36. The fourth-order valence-corrected chi connectivity index (χ4v) is 1.03. The van der Waals surface area contributed by atoms with Gasteiger partial charge in [-0.15, -0.1) is 4.37 Å². The fraction of sp³-hybridized carbons (Fsp3) is 0.667. The Bertz CT molecular complexity index is 237. The molecule has 1 rings (SSSR count). The molecule has 74 valence electrons. The lowest BCUT2D eigenvalue weighted by Crippen LogP contribution is -2.09. The van der Waals surface area contributed by atoms with E-state index < -0.39 is 12.6 Å². The monoisotopic (exact) mass is 212 g/mol. The number of rotatable bonds is 4. The van der Waals surface area contributed by atoms with E-state index in [9.17, 15) is 13.2 Å². The zero-order valence-electron chi connectivity index (χ0n) is 6.54. The van der Waals surface area contributed by atoms with E-state index in [1.807, 2.05) is 0 Å². The van der Waals surface area contributed by atoms with Gasteiger partial charge >= 0.3 is 6.18 Å². The van der Waals surface area contributed by atoms with Crippen molar-refractivity contribution in [1.82, 2.24) is 8.75 Å². The molecule has 7 heteroatoms. The van der Waals surface area contributed by atoms with Crippen molar-refractivity contribution in [1.29, 1.82) is 0 Å². The molecule has 0 aromatic carbocycles. The Kier molecular flexibility index (Phi) is 3.47. The van der Waals surface area contributed by atoms with Gasteiger partial charge in [-0.3, -0.25) is 0 Å². The normalized spacial score (nSPS) is 11.6. The zero-order chi connectivity index (χ0) is 9.73. The highest BCUT2D eigenvalue weighted by Gasteiger charge is 2.26. The summed E-state index contributed by atoms with van der Waals surface area (Å²) in [6, 6.07) is 0. The fourth-order valence-electron chi connectivity index (χ4n) is 0.669. The summed E-state index contributed by atoms with van der Waals surface area (Å²) >= 11 is 0.956. The van der Waals surface area contributed by atoms with Crippen LogP contribution in [0.4, 0.5) is 13.2 Å². The Morgan fingerprint density at radius 2 is 2.23 bits per heavy atom. The Labute approximate surface area is 76.9 Å². The van der Waals surface area contributed by atoms with Crippen LogP contribution in [-0.2, 0) is 0 Å². The van der Waals surface area contributed by atoms with Crippen LogP contribution in [-0.4, -0.2) is 21.5 Å². The molecule has 0 aliphatic rings. The van der Waals surface area contributed by atoms with Crippen LogP contribution >= 0.6 is 11.7 Å². The van der Waals surface area contributed by atoms with Crippen molar-refractivity contribution < 1.29 is 17.9 Å². The second-order valence-electron chi connectivity index (χ2n) is 2.31. The van der Waals surface area contributed by atoms with Gasteiger partial charge in [-0.05, 0) is 6.42 Å². The molecule has 0 N–H and O–H groups in total. The maximum atomic E-state index is 11.6. The maximum absolute atomic E-state index is 11.6. The van der Waals surface area contributed by atoms with Gasteiger partial charge in [0.15, 0.2) is 0 Å². The van der Waals surface area contributed by atoms with Crippen molar-refractivity contribution in [2.75, 3.05) is 6.61 Å². The summed E-state index contributed by atoms with van der Waals surface area (Å²) < 4.78 is 47.1. The first-order valence-corrected chi connectivity index (χ1v) is 4.28. The molecule has 3 nitrogen and oxygen atoms in total. The lowest BCUT2D eigenvalue weighted by atomic mass is 10.3. The van der Waals surface area contributed by atoms with Crippen LogP contribution in [0.25, 0.3) is 0 Å². The van der Waals surface area contributed by atoms with E-state index in [0.29, 0.717) is 0 Å². The van der Waals surface area contributed by atoms with E-state index >= 15 is 0 Å². The Hall–Kier alpha value is -0.850. The van der Waals surface area contributed by atoms with Crippen molar-refractivity contribution >= 4 is 11.7 Å². The third-order valence-electron chi connectivity index (χ3n) is 1.20. The standard InChI is InChI=1S/C6H7F3N2OS/c7-6(8,9)2-1-3-12-5-4-10-13-11-5/h4H,1-3H2. The third-order valence-corrected chi connectivity index (χ3v) is 1.66. The van der Waals surface area contributed by atoms with Crippen molar-refractivity contribution in [3.8, 4) is 5.88 Å². The molecule has 0 unspecified atom stereocenters. The molecule has 1 heterocycles. The molecule has 0 atom stereocenters. The summed E-state index contributed by atoms with van der Waals surface area (Å²) in [5.74, 6) is 0.284. The summed E-state index contributed by atoms with van der Waals surface area (Å²) in [7, 11) is 0. The van der Waals surface area contributed by atoms with Crippen LogP contribution in [0.5, 0.6) is 5.88 Å². The van der Waals surface area contributed by atoms with Crippen LogP contribution in [0.3, 0.4) is 0 Å². The van der Waals surface area contributed by atoms with Crippen molar-refractivity contribution in [2.24, 2.45) is 0 Å². The van der Waals surface area contributed by atoms with Crippen LogP contribution in [0.2, 0.25) is 0 Å². The van der Waals surface area contributed by atoms with Crippen LogP contribution in [0.1, 0.15) is 12.8 Å². The molecule has 13 heavy (non-hydrogen) atoms. The molecule has 0 fully saturated rings. The first-order valence-electron chi connectivity index (χ1n) is 3.55. The maximum Gasteiger partial charge on any atom is 0.389 e. The van der Waals surface area contributed by atoms with E-state index in [1.54, 1.807) is 0 Å². The van der Waals surface area contributed by atoms with Gasteiger partial charge in [0.2, 0.25) is 5.88 Å². The number of halogens is 3. The largest absolute Gasteiger partial charge is 0.476 e. The second-order valence-corrected chi connectivity index (χ2v) is 2.87. The van der Waals surface area contributed by atoms with Crippen LogP contribution < -0.4 is 4.74 Å². The molecular formula is C6H7F3N2OS. The Morgan fingerprint density at radius 1 is 1.46 bits per heavy atom. The van der Waals surface area contributed by atoms with E-state index in [4.69, 9.17) is 4.74 Å². The smallest absolute Gasteiger partial charge is 0.389 e. The van der Waals surface area contributed by atoms with Gasteiger partial charge in [0.1, 0.15) is 6.20 Å². The molecule has 0 saturated heterocycles. The number of alkyl halides is 3. The highest BCUT2D eigenvalue weighted by Crippen LogP contribution is 2.21. The molecule has 0 amide bonds. The summed E-state index contributed by atoms with van der Waals surface area (Å²) in [4.78, 5) is 0. The SMILES string of the molecule is FC(F)(F)CCCOc1cnsn1. The summed E-state index contributed by atoms with van der Waals surface area (Å²) in [5, 5.41) is 0. The van der Waals surface area contributed by atoms with Crippen molar-refractivity contribution in [2.45, 2.75) is 19.0 Å². The van der Waals surface area contributed by atoms with Crippen LogP contribution in [0.15, 0.2) is 6.20 Å². The Morgan fingerprint density at radius 3 is 2.77 bits per heavy atom. The second kappa shape index (κ2) is 4.40. The molecule has 0 spiro atoms. The molecule has 0 aliphatic carbocycles. The summed E-state index contributed by atoms with van der Waals surface area (Å²) in [5.41, 5.74) is 0. The lowest BCUT2D eigenvalue weighted by Gasteiger charge is -2.05. The number of nitrogens with zero attached hydrogens (tertiary/aromatic N) is 2. The summed E-state index contributed by atoms with van der Waals surface area (Å²) in [6.07, 6.45) is -3.62. The first kappa shape index (κ1) is 10.2. The molecular weight excluding hydrogens is 205 g/mol. The highest BCUT2D eigenvalue weighted by atomic mass is 32.1. The van der Waals surface area contributed by atoms with Gasteiger partial charge < -0.3 is 4.74 Å².